The van der Waals surface area contributed by atoms with Crippen molar-refractivity contribution in [1.29, 1.82) is 0 Å². The summed E-state index contributed by atoms with van der Waals surface area (Å²) in [7, 11) is 0.371. The van der Waals surface area contributed by atoms with E-state index in [1.807, 2.05) is 0 Å². The fourth-order valence-electron chi connectivity index (χ4n) is 0.980. The SMILES string of the molecule is Nc1ncc(O)c(S(=O)(=O)Cl)c1C(F)F. The number of aromatic nitrogens is 1. The molecule has 0 aliphatic heterocycles. The fraction of sp³-hybridized carbons (Fsp3) is 0.167. The number of pyridine rings is 1. The number of rotatable bonds is 2. The Labute approximate surface area is 87.9 Å². The summed E-state index contributed by atoms with van der Waals surface area (Å²) < 4.78 is 46.7. The highest BCUT2D eigenvalue weighted by atomic mass is 35.7. The third-order valence-electron chi connectivity index (χ3n) is 1.54. The molecule has 0 bridgehead atoms. The van der Waals surface area contributed by atoms with Gasteiger partial charge in [-0.25, -0.2) is 22.2 Å². The second-order valence-corrected chi connectivity index (χ2v) is 5.01. The second kappa shape index (κ2) is 3.78. The largest absolute Gasteiger partial charge is 0.505 e. The molecule has 0 radical (unpaired) electrons. The lowest BCUT2D eigenvalue weighted by atomic mass is 10.2. The van der Waals surface area contributed by atoms with Gasteiger partial charge in [0.05, 0.1) is 11.8 Å². The Morgan fingerprint density at radius 2 is 2.07 bits per heavy atom. The Morgan fingerprint density at radius 1 is 1.53 bits per heavy atom. The number of anilines is 1. The van der Waals surface area contributed by atoms with Crippen LogP contribution in [0, 0.1) is 0 Å². The molecule has 0 fully saturated rings. The average molecular weight is 259 g/mol. The average Bonchev–Trinajstić information content (AvgIpc) is 2.05. The second-order valence-electron chi connectivity index (χ2n) is 2.51. The van der Waals surface area contributed by atoms with Crippen LogP contribution in [0.25, 0.3) is 0 Å². The highest BCUT2D eigenvalue weighted by Crippen LogP contribution is 2.37. The van der Waals surface area contributed by atoms with Crippen molar-refractivity contribution in [2.45, 2.75) is 11.3 Å². The molecule has 1 heterocycles. The molecule has 15 heavy (non-hydrogen) atoms. The lowest BCUT2D eigenvalue weighted by Gasteiger charge is -2.09. The van der Waals surface area contributed by atoms with E-state index in [0.717, 1.165) is 0 Å². The molecule has 0 aliphatic rings. The molecule has 1 rings (SSSR count). The van der Waals surface area contributed by atoms with Crippen LogP contribution in [0.15, 0.2) is 11.1 Å². The summed E-state index contributed by atoms with van der Waals surface area (Å²) in [6.07, 6.45) is -2.57. The van der Waals surface area contributed by atoms with Crippen LogP contribution >= 0.6 is 10.7 Å². The van der Waals surface area contributed by atoms with Crippen molar-refractivity contribution in [3.63, 3.8) is 0 Å². The van der Waals surface area contributed by atoms with Crippen molar-refractivity contribution in [3.05, 3.63) is 11.8 Å². The summed E-state index contributed by atoms with van der Waals surface area (Å²) in [5.74, 6) is -1.66. The normalized spacial score (nSPS) is 12.0. The van der Waals surface area contributed by atoms with Crippen LogP contribution in [-0.4, -0.2) is 18.5 Å². The van der Waals surface area contributed by atoms with E-state index in [9.17, 15) is 17.2 Å². The van der Waals surface area contributed by atoms with E-state index in [0.29, 0.717) is 6.20 Å². The number of alkyl halides is 2. The standard InChI is InChI=1S/C6H5ClF2N2O3S/c7-15(13,14)4-2(12)1-11-6(10)3(4)5(8)9/h1,5,12H,(H2,10,11). The van der Waals surface area contributed by atoms with E-state index in [2.05, 4.69) is 4.98 Å². The minimum atomic E-state index is -4.51. The molecule has 1 aromatic heterocycles. The maximum atomic E-state index is 12.4. The Morgan fingerprint density at radius 3 is 2.40 bits per heavy atom. The number of nitrogen functional groups attached to an aromatic ring is 1. The molecule has 0 aromatic carbocycles. The minimum Gasteiger partial charge on any atom is -0.505 e. The number of nitrogens with two attached hydrogens (primary N) is 1. The molecule has 0 aliphatic carbocycles. The zero-order chi connectivity index (χ0) is 11.8. The van der Waals surface area contributed by atoms with Crippen molar-refractivity contribution < 1.29 is 22.3 Å². The first kappa shape index (κ1) is 11.9. The van der Waals surface area contributed by atoms with E-state index >= 15 is 0 Å². The molecule has 0 saturated heterocycles. The van der Waals surface area contributed by atoms with Crippen LogP contribution in [0.4, 0.5) is 14.6 Å². The van der Waals surface area contributed by atoms with Crippen molar-refractivity contribution >= 4 is 25.6 Å². The van der Waals surface area contributed by atoms with Crippen LogP contribution in [0.3, 0.4) is 0 Å². The van der Waals surface area contributed by atoms with Gasteiger partial charge in [-0.05, 0) is 0 Å². The van der Waals surface area contributed by atoms with Crippen molar-refractivity contribution in [3.8, 4) is 5.75 Å². The lowest BCUT2D eigenvalue weighted by Crippen LogP contribution is -2.05. The van der Waals surface area contributed by atoms with Gasteiger partial charge in [-0.2, -0.15) is 0 Å². The van der Waals surface area contributed by atoms with Gasteiger partial charge < -0.3 is 10.8 Å². The Kier molecular flexibility index (Phi) is 3.00. The van der Waals surface area contributed by atoms with Crippen molar-refractivity contribution in [2.24, 2.45) is 0 Å². The first-order valence-electron chi connectivity index (χ1n) is 3.45. The molecular formula is C6H5ClF2N2O3S. The maximum Gasteiger partial charge on any atom is 0.268 e. The summed E-state index contributed by atoms with van der Waals surface area (Å²) >= 11 is 0. The number of aromatic hydroxyl groups is 1. The van der Waals surface area contributed by atoms with E-state index in [1.165, 1.54) is 0 Å². The van der Waals surface area contributed by atoms with Gasteiger partial charge in [0.2, 0.25) is 0 Å². The minimum absolute atomic E-state index is 0.635. The highest BCUT2D eigenvalue weighted by molar-refractivity contribution is 8.13. The monoisotopic (exact) mass is 258 g/mol. The topological polar surface area (TPSA) is 93.3 Å². The zero-order valence-corrected chi connectivity index (χ0v) is 8.56. The van der Waals surface area contributed by atoms with Gasteiger partial charge in [-0.15, -0.1) is 0 Å². The van der Waals surface area contributed by atoms with Gasteiger partial charge in [0, 0.05) is 10.7 Å². The first-order valence-corrected chi connectivity index (χ1v) is 5.76. The van der Waals surface area contributed by atoms with Gasteiger partial charge in [0.25, 0.3) is 15.5 Å². The van der Waals surface area contributed by atoms with Crippen LogP contribution in [-0.2, 0) is 9.05 Å². The third-order valence-corrected chi connectivity index (χ3v) is 2.92. The number of hydrogen-bond acceptors (Lipinski definition) is 5. The molecule has 9 heteroatoms. The lowest BCUT2D eigenvalue weighted by molar-refractivity contribution is 0.147. The van der Waals surface area contributed by atoms with E-state index in [4.69, 9.17) is 21.5 Å². The molecule has 0 saturated carbocycles. The fourth-order valence-corrected chi connectivity index (χ4v) is 2.23. The van der Waals surface area contributed by atoms with Crippen LogP contribution < -0.4 is 5.73 Å². The smallest absolute Gasteiger partial charge is 0.268 e. The van der Waals surface area contributed by atoms with Gasteiger partial charge in [-0.3, -0.25) is 0 Å². The van der Waals surface area contributed by atoms with Crippen LogP contribution in [0.5, 0.6) is 5.75 Å². The summed E-state index contributed by atoms with van der Waals surface area (Å²) in [5, 5.41) is 9.09. The summed E-state index contributed by atoms with van der Waals surface area (Å²) in [5.41, 5.74) is 3.97. The number of hydrogen-bond donors (Lipinski definition) is 2. The molecular weight excluding hydrogens is 254 g/mol. The van der Waals surface area contributed by atoms with Crippen molar-refractivity contribution in [2.75, 3.05) is 5.73 Å². The van der Waals surface area contributed by atoms with E-state index in [-0.39, 0.29) is 0 Å². The quantitative estimate of drug-likeness (QED) is 0.779. The molecule has 1 aromatic rings. The summed E-state index contributed by atoms with van der Waals surface area (Å²) in [6, 6.07) is 0. The molecule has 0 spiro atoms. The summed E-state index contributed by atoms with van der Waals surface area (Å²) in [4.78, 5) is 2.09. The van der Waals surface area contributed by atoms with Gasteiger partial charge >= 0.3 is 0 Å². The van der Waals surface area contributed by atoms with Gasteiger partial charge in [0.1, 0.15) is 10.7 Å². The Balaban J connectivity index is 3.68. The molecule has 5 nitrogen and oxygen atoms in total. The highest BCUT2D eigenvalue weighted by Gasteiger charge is 2.28. The zero-order valence-electron chi connectivity index (χ0n) is 6.99. The Bertz CT molecular complexity index is 491. The molecule has 0 unspecified atom stereocenters. The molecule has 0 atom stereocenters. The number of halogens is 3. The van der Waals surface area contributed by atoms with E-state index in [1.54, 1.807) is 0 Å². The maximum absolute atomic E-state index is 12.4. The predicted octanol–water partition coefficient (Wildman–Crippen LogP) is 1.23. The molecule has 3 N–H and O–H groups in total. The predicted molar refractivity (Wildman–Crippen MR) is 48.3 cm³/mol. The molecule has 84 valence electrons. The van der Waals surface area contributed by atoms with Gasteiger partial charge in [0.15, 0.2) is 5.75 Å². The molecule has 0 amide bonds. The third kappa shape index (κ3) is 2.26. The summed E-state index contributed by atoms with van der Waals surface area (Å²) in [6.45, 7) is 0. The van der Waals surface area contributed by atoms with Gasteiger partial charge in [-0.1, -0.05) is 0 Å². The number of nitrogens with zero attached hydrogens (tertiary/aromatic N) is 1. The van der Waals surface area contributed by atoms with Crippen LogP contribution in [0.2, 0.25) is 0 Å². The van der Waals surface area contributed by atoms with Crippen molar-refractivity contribution in [1.82, 2.24) is 4.98 Å². The van der Waals surface area contributed by atoms with Crippen LogP contribution in [0.1, 0.15) is 12.0 Å². The Hall–Kier alpha value is -1.15. The van der Waals surface area contributed by atoms with E-state index < -0.39 is 37.5 Å². The first-order chi connectivity index (χ1) is 6.75.